The summed E-state index contributed by atoms with van der Waals surface area (Å²) in [5.74, 6) is -0.925. The Morgan fingerprint density at radius 2 is 2.05 bits per heavy atom. The largest absolute Gasteiger partial charge is 0.406 e. The number of halogens is 4. The molecular weight excluding hydrogens is 285 g/mol. The van der Waals surface area contributed by atoms with Gasteiger partial charge in [-0.05, 0) is 12.1 Å². The van der Waals surface area contributed by atoms with Crippen LogP contribution in [0.1, 0.15) is 10.4 Å². The number of hydrogen-bond donors (Lipinski definition) is 2. The van der Waals surface area contributed by atoms with E-state index >= 15 is 0 Å². The molecule has 0 unspecified atom stereocenters. The molecule has 1 amide bonds. The van der Waals surface area contributed by atoms with E-state index in [1.807, 2.05) is 0 Å². The molecule has 0 fully saturated rings. The summed E-state index contributed by atoms with van der Waals surface area (Å²) in [6.07, 6.45) is -4.56. The van der Waals surface area contributed by atoms with Gasteiger partial charge in [0.25, 0.3) is 5.91 Å². The van der Waals surface area contributed by atoms with E-state index in [4.69, 9.17) is 22.4 Å². The molecule has 8 heteroatoms. The van der Waals surface area contributed by atoms with Crippen LogP contribution in [0.15, 0.2) is 18.2 Å². The number of benzene rings is 1. The maximum Gasteiger partial charge on any atom is 0.406 e. The Hall–Kier alpha value is -1.47. The Morgan fingerprint density at radius 3 is 2.58 bits per heavy atom. The minimum absolute atomic E-state index is 0.0840. The monoisotopic (exact) mass is 296 g/mol. The molecule has 0 bridgehead atoms. The average Bonchev–Trinajstić information content (AvgIpc) is 2.30. The van der Waals surface area contributed by atoms with Crippen molar-refractivity contribution in [2.75, 3.05) is 25.4 Å². The van der Waals surface area contributed by atoms with E-state index in [0.29, 0.717) is 4.90 Å². The zero-order valence-electron chi connectivity index (χ0n) is 9.75. The molecule has 0 aromatic heterocycles. The summed E-state index contributed by atoms with van der Waals surface area (Å²) in [5.41, 5.74) is 5.35. The molecule has 1 aromatic rings. The molecule has 1 aromatic carbocycles. The number of carbonyl (C=O) groups is 1. The first-order valence-electron chi connectivity index (χ1n) is 5.27. The predicted molar refractivity (Wildman–Crippen MR) is 64.9 cm³/mol. The minimum Gasteiger partial charge on any atom is -0.397 e. The zero-order chi connectivity index (χ0) is 14.6. The molecule has 4 nitrogen and oxygen atoms in total. The molecule has 0 spiro atoms. The van der Waals surface area contributed by atoms with Crippen LogP contribution in [0.4, 0.5) is 18.9 Å². The van der Waals surface area contributed by atoms with Gasteiger partial charge in [0.15, 0.2) is 0 Å². The summed E-state index contributed by atoms with van der Waals surface area (Å²) >= 11 is 5.71. The normalized spacial score (nSPS) is 11.4. The molecule has 3 N–H and O–H groups in total. The van der Waals surface area contributed by atoms with Crippen LogP contribution in [-0.2, 0) is 0 Å². The molecule has 0 saturated heterocycles. The van der Waals surface area contributed by atoms with Gasteiger partial charge in [0, 0.05) is 6.54 Å². The predicted octanol–water partition coefficient (Wildman–Crippen LogP) is 1.92. The Bertz CT molecular complexity index is 466. The number of aliphatic hydroxyl groups excluding tert-OH is 1. The molecule has 0 aliphatic rings. The summed E-state index contributed by atoms with van der Waals surface area (Å²) in [7, 11) is 0. The van der Waals surface area contributed by atoms with Crippen LogP contribution in [0.25, 0.3) is 0 Å². The van der Waals surface area contributed by atoms with Gasteiger partial charge in [0.05, 0.1) is 22.9 Å². The van der Waals surface area contributed by atoms with E-state index in [9.17, 15) is 18.0 Å². The van der Waals surface area contributed by atoms with E-state index in [0.717, 1.165) is 0 Å². The van der Waals surface area contributed by atoms with Crippen molar-refractivity contribution >= 4 is 23.2 Å². The molecule has 0 radical (unpaired) electrons. The lowest BCUT2D eigenvalue weighted by Crippen LogP contribution is -2.40. The fourth-order valence-corrected chi connectivity index (χ4v) is 1.66. The van der Waals surface area contributed by atoms with Crippen molar-refractivity contribution in [3.05, 3.63) is 28.8 Å². The molecule has 19 heavy (non-hydrogen) atoms. The van der Waals surface area contributed by atoms with Crippen LogP contribution in [-0.4, -0.2) is 41.8 Å². The lowest BCUT2D eigenvalue weighted by molar-refractivity contribution is -0.141. The molecular formula is C11H12ClF3N2O2. The second-order valence-corrected chi connectivity index (χ2v) is 4.17. The maximum absolute atomic E-state index is 12.4. The van der Waals surface area contributed by atoms with Gasteiger partial charge in [-0.1, -0.05) is 17.7 Å². The third-order valence-electron chi connectivity index (χ3n) is 2.31. The van der Waals surface area contributed by atoms with Crippen LogP contribution >= 0.6 is 11.6 Å². The number of carbonyl (C=O) groups excluding carboxylic acids is 1. The van der Waals surface area contributed by atoms with Crippen molar-refractivity contribution in [2.24, 2.45) is 0 Å². The van der Waals surface area contributed by atoms with Gasteiger partial charge >= 0.3 is 6.18 Å². The smallest absolute Gasteiger partial charge is 0.397 e. The Balaban J connectivity index is 3.02. The molecule has 106 valence electrons. The number of nitrogens with zero attached hydrogens (tertiary/aromatic N) is 1. The highest BCUT2D eigenvalue weighted by atomic mass is 35.5. The number of rotatable bonds is 4. The zero-order valence-corrected chi connectivity index (χ0v) is 10.5. The average molecular weight is 297 g/mol. The van der Waals surface area contributed by atoms with E-state index < -0.39 is 31.8 Å². The highest BCUT2D eigenvalue weighted by Crippen LogP contribution is 2.25. The Labute approximate surface area is 112 Å². The van der Waals surface area contributed by atoms with Gasteiger partial charge in [0.1, 0.15) is 6.54 Å². The first kappa shape index (κ1) is 15.6. The fourth-order valence-electron chi connectivity index (χ4n) is 1.48. The van der Waals surface area contributed by atoms with Crippen LogP contribution in [0.5, 0.6) is 0 Å². The van der Waals surface area contributed by atoms with Crippen molar-refractivity contribution < 1.29 is 23.1 Å². The fraction of sp³-hybridized carbons (Fsp3) is 0.364. The molecule has 0 heterocycles. The second kappa shape index (κ2) is 6.12. The Morgan fingerprint density at radius 1 is 1.42 bits per heavy atom. The van der Waals surface area contributed by atoms with Crippen molar-refractivity contribution in [2.45, 2.75) is 6.18 Å². The van der Waals surface area contributed by atoms with Gasteiger partial charge < -0.3 is 15.7 Å². The first-order chi connectivity index (χ1) is 8.76. The minimum atomic E-state index is -4.56. The Kier molecular flexibility index (Phi) is 5.02. The van der Waals surface area contributed by atoms with E-state index in [-0.39, 0.29) is 16.3 Å². The number of alkyl halides is 3. The maximum atomic E-state index is 12.4. The van der Waals surface area contributed by atoms with Crippen molar-refractivity contribution in [3.8, 4) is 0 Å². The lowest BCUT2D eigenvalue weighted by atomic mass is 10.1. The topological polar surface area (TPSA) is 66.6 Å². The van der Waals surface area contributed by atoms with Crippen molar-refractivity contribution in [3.63, 3.8) is 0 Å². The van der Waals surface area contributed by atoms with Gasteiger partial charge in [-0.15, -0.1) is 0 Å². The highest BCUT2D eigenvalue weighted by molar-refractivity contribution is 6.33. The number of hydrogen-bond acceptors (Lipinski definition) is 3. The third-order valence-corrected chi connectivity index (χ3v) is 2.64. The summed E-state index contributed by atoms with van der Waals surface area (Å²) in [4.78, 5) is 12.4. The van der Waals surface area contributed by atoms with Crippen LogP contribution in [0, 0.1) is 0 Å². The molecule has 0 atom stereocenters. The van der Waals surface area contributed by atoms with E-state index in [2.05, 4.69) is 0 Å². The van der Waals surface area contributed by atoms with E-state index in [1.54, 1.807) is 0 Å². The first-order valence-corrected chi connectivity index (χ1v) is 5.65. The second-order valence-electron chi connectivity index (χ2n) is 3.77. The summed E-state index contributed by atoms with van der Waals surface area (Å²) in [5, 5.41) is 8.82. The van der Waals surface area contributed by atoms with Gasteiger partial charge in [-0.2, -0.15) is 13.2 Å². The van der Waals surface area contributed by atoms with Crippen LogP contribution < -0.4 is 5.73 Å². The molecule has 0 aliphatic heterocycles. The SMILES string of the molecule is Nc1c(Cl)cccc1C(=O)N(CCO)CC(F)(F)F. The summed E-state index contributed by atoms with van der Waals surface area (Å²) in [6, 6.07) is 4.12. The van der Waals surface area contributed by atoms with Crippen LogP contribution in [0.3, 0.4) is 0 Å². The quantitative estimate of drug-likeness (QED) is 0.834. The summed E-state index contributed by atoms with van der Waals surface area (Å²) in [6.45, 7) is -2.48. The van der Waals surface area contributed by atoms with Crippen molar-refractivity contribution in [1.29, 1.82) is 0 Å². The van der Waals surface area contributed by atoms with Gasteiger partial charge in [0.2, 0.25) is 0 Å². The van der Waals surface area contributed by atoms with Gasteiger partial charge in [-0.25, -0.2) is 0 Å². The van der Waals surface area contributed by atoms with Crippen molar-refractivity contribution in [1.82, 2.24) is 4.90 Å². The molecule has 0 saturated carbocycles. The number of para-hydroxylation sites is 1. The number of nitrogen functional groups attached to an aromatic ring is 1. The number of aliphatic hydroxyl groups is 1. The number of nitrogens with two attached hydrogens (primary N) is 1. The lowest BCUT2D eigenvalue weighted by Gasteiger charge is -2.23. The van der Waals surface area contributed by atoms with Crippen LogP contribution in [0.2, 0.25) is 5.02 Å². The molecule has 1 rings (SSSR count). The number of amides is 1. The highest BCUT2D eigenvalue weighted by Gasteiger charge is 2.33. The molecule has 0 aliphatic carbocycles. The summed E-state index contributed by atoms with van der Waals surface area (Å²) < 4.78 is 37.1. The third kappa shape index (κ3) is 4.29. The number of anilines is 1. The standard InChI is InChI=1S/C11H12ClF3N2O2/c12-8-3-1-2-7(9(8)16)10(19)17(4-5-18)6-11(13,14)15/h1-3,18H,4-6,16H2. The van der Waals surface area contributed by atoms with E-state index in [1.165, 1.54) is 18.2 Å². The van der Waals surface area contributed by atoms with Gasteiger partial charge in [-0.3, -0.25) is 4.79 Å².